The van der Waals surface area contributed by atoms with Crippen LogP contribution in [0.25, 0.3) is 0 Å². The molecule has 0 bridgehead atoms. The van der Waals surface area contributed by atoms with E-state index in [4.69, 9.17) is 0 Å². The SMILES string of the molecule is O=[N+]([O-])c1ccc(S(=O)(=O)N(Cc2ccccc2)[C@H]2CNC[C@@H]2N(Cc2ccccc2)S(=O)(=O)c2ccc([N+](=O)[O-])cc2)cc1. The van der Waals surface area contributed by atoms with E-state index in [9.17, 15) is 37.1 Å². The molecule has 1 saturated heterocycles. The molecule has 0 spiro atoms. The number of hydrogen-bond acceptors (Lipinski definition) is 9. The first-order valence-corrected chi connectivity index (χ1v) is 16.7. The summed E-state index contributed by atoms with van der Waals surface area (Å²) in [6, 6.07) is 24.9. The third kappa shape index (κ3) is 6.92. The molecule has 2 atom stereocenters. The number of non-ortho nitro benzene ring substituents is 2. The van der Waals surface area contributed by atoms with Gasteiger partial charge in [0.2, 0.25) is 20.0 Å². The summed E-state index contributed by atoms with van der Waals surface area (Å²) in [5.41, 5.74) is 0.766. The predicted molar refractivity (Wildman–Crippen MR) is 165 cm³/mol. The van der Waals surface area contributed by atoms with Gasteiger partial charge in [-0.15, -0.1) is 0 Å². The maximum Gasteiger partial charge on any atom is 0.269 e. The highest BCUT2D eigenvalue weighted by Crippen LogP contribution is 2.31. The minimum Gasteiger partial charge on any atom is -0.313 e. The van der Waals surface area contributed by atoms with Crippen LogP contribution in [0.5, 0.6) is 0 Å². The van der Waals surface area contributed by atoms with Crippen molar-refractivity contribution in [1.82, 2.24) is 13.9 Å². The predicted octanol–water partition coefficient (Wildman–Crippen LogP) is 3.93. The molecule has 0 aliphatic carbocycles. The smallest absolute Gasteiger partial charge is 0.269 e. The van der Waals surface area contributed by atoms with Gasteiger partial charge in [-0.3, -0.25) is 20.2 Å². The summed E-state index contributed by atoms with van der Waals surface area (Å²) in [7, 11) is -8.63. The average molecular weight is 652 g/mol. The summed E-state index contributed by atoms with van der Waals surface area (Å²) >= 11 is 0. The standard InChI is InChI=1S/C30H29N5O8S2/c36-34(37)25-11-15-27(16-12-25)44(40,41)32(21-23-7-3-1-4-8-23)29-19-31-20-30(29)33(22-24-9-5-2-6-10-24)45(42,43)28-17-13-26(14-18-28)35(38)39/h1-18,29-31H,19-22H2/t29-,30-/m0/s1. The Balaban J connectivity index is 1.60. The third-order valence-electron chi connectivity index (χ3n) is 7.56. The summed E-state index contributed by atoms with van der Waals surface area (Å²) in [6.07, 6.45) is 0. The summed E-state index contributed by atoms with van der Waals surface area (Å²) in [5.74, 6) is 0. The van der Waals surface area contributed by atoms with Crippen LogP contribution in [0.4, 0.5) is 11.4 Å². The van der Waals surface area contributed by atoms with Crippen molar-refractivity contribution in [3.63, 3.8) is 0 Å². The van der Waals surface area contributed by atoms with Crippen molar-refractivity contribution in [2.24, 2.45) is 0 Å². The summed E-state index contributed by atoms with van der Waals surface area (Å²) in [4.78, 5) is 20.8. The van der Waals surface area contributed by atoms with Gasteiger partial charge < -0.3 is 5.32 Å². The fraction of sp³-hybridized carbons (Fsp3) is 0.200. The second kappa shape index (κ2) is 13.2. The van der Waals surface area contributed by atoms with Crippen LogP contribution in [-0.2, 0) is 33.1 Å². The molecule has 1 aliphatic heterocycles. The van der Waals surface area contributed by atoms with E-state index in [0.717, 1.165) is 48.5 Å². The monoisotopic (exact) mass is 651 g/mol. The second-order valence-electron chi connectivity index (χ2n) is 10.4. The highest BCUT2D eigenvalue weighted by molar-refractivity contribution is 7.89. The van der Waals surface area contributed by atoms with E-state index >= 15 is 0 Å². The molecule has 45 heavy (non-hydrogen) atoms. The lowest BCUT2D eigenvalue weighted by atomic mass is 10.1. The number of rotatable bonds is 12. The molecule has 13 nitrogen and oxygen atoms in total. The zero-order chi connectivity index (χ0) is 32.2. The van der Waals surface area contributed by atoms with Gasteiger partial charge in [0.1, 0.15) is 0 Å². The summed E-state index contributed by atoms with van der Waals surface area (Å²) in [6.45, 7) is 0.0368. The molecule has 4 aromatic carbocycles. The molecule has 1 aliphatic rings. The Bertz CT molecular complexity index is 1740. The van der Waals surface area contributed by atoms with Crippen LogP contribution in [0.1, 0.15) is 11.1 Å². The Morgan fingerprint density at radius 2 is 0.911 bits per heavy atom. The van der Waals surface area contributed by atoms with Crippen molar-refractivity contribution in [2.45, 2.75) is 35.0 Å². The number of nitrogens with zero attached hydrogens (tertiary/aromatic N) is 4. The molecular weight excluding hydrogens is 622 g/mol. The van der Waals surface area contributed by atoms with Crippen molar-refractivity contribution < 1.29 is 26.7 Å². The lowest BCUT2D eigenvalue weighted by Crippen LogP contribution is -2.54. The van der Waals surface area contributed by atoms with E-state index in [1.165, 1.54) is 8.61 Å². The molecule has 0 radical (unpaired) electrons. The molecule has 0 aromatic heterocycles. The van der Waals surface area contributed by atoms with E-state index < -0.39 is 42.0 Å². The molecule has 1 fully saturated rings. The van der Waals surface area contributed by atoms with Gasteiger partial charge in [-0.25, -0.2) is 16.8 Å². The zero-order valence-electron chi connectivity index (χ0n) is 23.7. The second-order valence-corrected chi connectivity index (χ2v) is 14.1. The van der Waals surface area contributed by atoms with Crippen LogP contribution in [0.15, 0.2) is 119 Å². The number of nitro groups is 2. The van der Waals surface area contributed by atoms with Crippen LogP contribution < -0.4 is 5.32 Å². The Kier molecular flexibility index (Phi) is 9.36. The van der Waals surface area contributed by atoms with Crippen LogP contribution in [0.3, 0.4) is 0 Å². The van der Waals surface area contributed by atoms with Gasteiger partial charge in [0.15, 0.2) is 0 Å². The van der Waals surface area contributed by atoms with Gasteiger partial charge in [-0.2, -0.15) is 8.61 Å². The number of hydrogen-bond donors (Lipinski definition) is 1. The fourth-order valence-corrected chi connectivity index (χ4v) is 8.56. The molecule has 0 amide bonds. The van der Waals surface area contributed by atoms with Gasteiger partial charge >= 0.3 is 0 Å². The molecule has 4 aromatic rings. The average Bonchev–Trinajstić information content (AvgIpc) is 3.52. The number of nitro benzene ring substituents is 2. The first kappa shape index (κ1) is 31.9. The molecule has 1 heterocycles. The largest absolute Gasteiger partial charge is 0.313 e. The van der Waals surface area contributed by atoms with Crippen LogP contribution in [0, 0.1) is 20.2 Å². The first-order chi connectivity index (χ1) is 21.5. The lowest BCUT2D eigenvalue weighted by molar-refractivity contribution is -0.385. The van der Waals surface area contributed by atoms with Crippen molar-refractivity contribution >= 4 is 31.4 Å². The van der Waals surface area contributed by atoms with E-state index in [2.05, 4.69) is 5.32 Å². The van der Waals surface area contributed by atoms with Gasteiger partial charge in [0.25, 0.3) is 11.4 Å². The number of benzene rings is 4. The third-order valence-corrected chi connectivity index (χ3v) is 11.3. The normalized spacial score (nSPS) is 17.0. The minimum atomic E-state index is -4.32. The first-order valence-electron chi connectivity index (χ1n) is 13.8. The Morgan fingerprint density at radius 3 is 1.22 bits per heavy atom. The molecule has 0 saturated carbocycles. The zero-order valence-corrected chi connectivity index (χ0v) is 25.4. The van der Waals surface area contributed by atoms with E-state index in [-0.39, 0.29) is 47.3 Å². The van der Waals surface area contributed by atoms with Gasteiger partial charge in [-0.05, 0) is 35.4 Å². The molecule has 1 N–H and O–H groups in total. The summed E-state index contributed by atoms with van der Waals surface area (Å²) < 4.78 is 59.5. The van der Waals surface area contributed by atoms with Gasteiger partial charge in [0.05, 0.1) is 31.7 Å². The molecular formula is C30H29N5O8S2. The van der Waals surface area contributed by atoms with Crippen molar-refractivity contribution in [3.05, 3.63) is 141 Å². The minimum absolute atomic E-state index is 0.0975. The van der Waals surface area contributed by atoms with E-state index in [1.54, 1.807) is 60.7 Å². The number of sulfonamides is 2. The van der Waals surface area contributed by atoms with Crippen molar-refractivity contribution in [1.29, 1.82) is 0 Å². The topological polar surface area (TPSA) is 173 Å². The quantitative estimate of drug-likeness (QED) is 0.176. The maximum atomic E-state index is 14.2. The van der Waals surface area contributed by atoms with Crippen LogP contribution in [-0.4, -0.2) is 60.5 Å². The number of nitrogens with one attached hydrogen (secondary N) is 1. The van der Waals surface area contributed by atoms with Crippen LogP contribution in [0.2, 0.25) is 0 Å². The molecule has 5 rings (SSSR count). The molecule has 15 heteroatoms. The fourth-order valence-electron chi connectivity index (χ4n) is 5.28. The van der Waals surface area contributed by atoms with Gasteiger partial charge in [0, 0.05) is 50.4 Å². The van der Waals surface area contributed by atoms with E-state index in [1.807, 2.05) is 0 Å². The lowest BCUT2D eigenvalue weighted by Gasteiger charge is -2.37. The summed E-state index contributed by atoms with van der Waals surface area (Å²) in [5, 5.41) is 25.6. The van der Waals surface area contributed by atoms with Crippen molar-refractivity contribution in [2.75, 3.05) is 13.1 Å². The van der Waals surface area contributed by atoms with Gasteiger partial charge in [-0.1, -0.05) is 60.7 Å². The maximum absolute atomic E-state index is 14.2. The van der Waals surface area contributed by atoms with Crippen molar-refractivity contribution in [3.8, 4) is 0 Å². The Morgan fingerprint density at radius 1 is 0.578 bits per heavy atom. The highest BCUT2D eigenvalue weighted by Gasteiger charge is 2.45. The van der Waals surface area contributed by atoms with Crippen LogP contribution >= 0.6 is 0 Å². The Hall–Kier alpha value is -4.54. The van der Waals surface area contributed by atoms with E-state index in [0.29, 0.717) is 11.1 Å². The Labute approximate surface area is 260 Å². The molecule has 0 unspecified atom stereocenters. The highest BCUT2D eigenvalue weighted by atomic mass is 32.2. The molecule has 234 valence electrons.